The molecule has 0 unspecified atom stereocenters. The summed E-state index contributed by atoms with van der Waals surface area (Å²) in [7, 11) is -3.49. The third-order valence-corrected chi connectivity index (χ3v) is 4.76. The molecule has 3 N–H and O–H groups in total. The van der Waals surface area contributed by atoms with Crippen molar-refractivity contribution in [2.75, 3.05) is 13.2 Å². The number of benzene rings is 1. The zero-order chi connectivity index (χ0) is 13.9. The molecular formula is C12H16N2O3S2. The third-order valence-electron chi connectivity index (χ3n) is 2.99. The van der Waals surface area contributed by atoms with Crippen LogP contribution >= 0.6 is 12.2 Å². The van der Waals surface area contributed by atoms with Crippen molar-refractivity contribution in [3.05, 3.63) is 29.8 Å². The van der Waals surface area contributed by atoms with E-state index in [1.807, 2.05) is 0 Å². The zero-order valence-corrected chi connectivity index (χ0v) is 12.0. The van der Waals surface area contributed by atoms with Crippen LogP contribution in [0.15, 0.2) is 29.2 Å². The molecule has 5 nitrogen and oxygen atoms in total. The highest BCUT2D eigenvalue weighted by Gasteiger charge is 2.21. The fourth-order valence-electron chi connectivity index (χ4n) is 1.90. The van der Waals surface area contributed by atoms with Crippen LogP contribution in [0, 0.1) is 0 Å². The summed E-state index contributed by atoms with van der Waals surface area (Å²) in [6.07, 6.45) is 1.40. The molecule has 0 saturated carbocycles. The van der Waals surface area contributed by atoms with Crippen molar-refractivity contribution in [2.24, 2.45) is 5.73 Å². The molecule has 1 heterocycles. The van der Waals surface area contributed by atoms with Crippen LogP contribution in [0.2, 0.25) is 0 Å². The van der Waals surface area contributed by atoms with Crippen molar-refractivity contribution in [1.29, 1.82) is 0 Å². The van der Waals surface area contributed by atoms with Gasteiger partial charge in [-0.05, 0) is 25.0 Å². The topological polar surface area (TPSA) is 81.4 Å². The molecule has 19 heavy (non-hydrogen) atoms. The Hall–Kier alpha value is -1.02. The minimum Gasteiger partial charge on any atom is -0.389 e. The molecule has 0 spiro atoms. The lowest BCUT2D eigenvalue weighted by Gasteiger charge is -2.22. The lowest BCUT2D eigenvalue weighted by molar-refractivity contribution is 0.0832. The number of hydrogen-bond acceptors (Lipinski definition) is 4. The van der Waals surface area contributed by atoms with Crippen molar-refractivity contribution >= 4 is 27.2 Å². The van der Waals surface area contributed by atoms with Gasteiger partial charge in [0.2, 0.25) is 10.0 Å². The van der Waals surface area contributed by atoms with E-state index in [1.165, 1.54) is 12.1 Å². The van der Waals surface area contributed by atoms with Crippen molar-refractivity contribution in [3.8, 4) is 0 Å². The second-order valence-electron chi connectivity index (χ2n) is 4.40. The predicted molar refractivity (Wildman–Crippen MR) is 76.5 cm³/mol. The maximum atomic E-state index is 12.2. The summed E-state index contributed by atoms with van der Waals surface area (Å²) in [4.78, 5) is 0.473. The predicted octanol–water partition coefficient (Wildman–Crippen LogP) is 0.778. The fraction of sp³-hybridized carbons (Fsp3) is 0.417. The Morgan fingerprint density at radius 1 is 1.26 bits per heavy atom. The Balaban J connectivity index is 2.12. The number of thiocarbonyl (C=S) groups is 1. The van der Waals surface area contributed by atoms with Gasteiger partial charge in [-0.25, -0.2) is 13.1 Å². The van der Waals surface area contributed by atoms with Gasteiger partial charge < -0.3 is 10.5 Å². The van der Waals surface area contributed by atoms with Crippen LogP contribution in [0.3, 0.4) is 0 Å². The molecule has 0 bridgehead atoms. The van der Waals surface area contributed by atoms with Crippen LogP contribution in [0.4, 0.5) is 0 Å². The van der Waals surface area contributed by atoms with Crippen LogP contribution < -0.4 is 10.5 Å². The average Bonchev–Trinajstić information content (AvgIpc) is 2.39. The minimum atomic E-state index is -3.49. The van der Waals surface area contributed by atoms with Crippen LogP contribution in [0.1, 0.15) is 18.4 Å². The van der Waals surface area contributed by atoms with E-state index in [4.69, 9.17) is 22.7 Å². The smallest absolute Gasteiger partial charge is 0.240 e. The Labute approximate surface area is 118 Å². The molecule has 0 amide bonds. The van der Waals surface area contributed by atoms with Gasteiger partial charge in [-0.15, -0.1) is 0 Å². The van der Waals surface area contributed by atoms with Gasteiger partial charge in [0.25, 0.3) is 0 Å². The number of rotatable bonds is 4. The summed E-state index contributed by atoms with van der Waals surface area (Å²) in [5.74, 6) is 0. The average molecular weight is 300 g/mol. The van der Waals surface area contributed by atoms with Crippen molar-refractivity contribution in [1.82, 2.24) is 4.72 Å². The van der Waals surface area contributed by atoms with E-state index in [0.29, 0.717) is 31.6 Å². The lowest BCUT2D eigenvalue weighted by atomic mass is 10.1. The van der Waals surface area contributed by atoms with Crippen LogP contribution in [-0.4, -0.2) is 32.7 Å². The molecule has 0 atom stereocenters. The van der Waals surface area contributed by atoms with E-state index in [2.05, 4.69) is 4.72 Å². The van der Waals surface area contributed by atoms with E-state index < -0.39 is 10.0 Å². The first-order valence-electron chi connectivity index (χ1n) is 5.99. The Kier molecular flexibility index (Phi) is 4.51. The van der Waals surface area contributed by atoms with Crippen molar-refractivity contribution in [2.45, 2.75) is 23.8 Å². The summed E-state index contributed by atoms with van der Waals surface area (Å²) in [6, 6.07) is 6.18. The van der Waals surface area contributed by atoms with Crippen LogP contribution in [0.5, 0.6) is 0 Å². The Morgan fingerprint density at radius 2 is 1.84 bits per heavy atom. The van der Waals surface area contributed by atoms with Gasteiger partial charge in [0, 0.05) is 24.8 Å². The first-order valence-corrected chi connectivity index (χ1v) is 7.88. The summed E-state index contributed by atoms with van der Waals surface area (Å²) >= 11 is 4.83. The largest absolute Gasteiger partial charge is 0.389 e. The fourth-order valence-corrected chi connectivity index (χ4v) is 3.34. The van der Waals surface area contributed by atoms with Gasteiger partial charge in [-0.3, -0.25) is 0 Å². The number of sulfonamides is 1. The summed E-state index contributed by atoms with van der Waals surface area (Å²) in [5.41, 5.74) is 6.13. The molecule has 1 aromatic carbocycles. The van der Waals surface area contributed by atoms with Gasteiger partial charge in [-0.1, -0.05) is 24.4 Å². The Bertz CT molecular complexity index is 549. The number of hydrogen-bond donors (Lipinski definition) is 2. The first-order chi connectivity index (χ1) is 8.99. The monoisotopic (exact) mass is 300 g/mol. The third kappa shape index (κ3) is 3.73. The van der Waals surface area contributed by atoms with Gasteiger partial charge in [-0.2, -0.15) is 0 Å². The minimum absolute atomic E-state index is 0.0611. The molecule has 0 aromatic heterocycles. The molecule has 0 aliphatic carbocycles. The molecule has 2 rings (SSSR count). The number of nitrogens with two attached hydrogens (primary N) is 1. The van der Waals surface area contributed by atoms with E-state index in [-0.39, 0.29) is 15.9 Å². The number of nitrogens with one attached hydrogen (secondary N) is 1. The van der Waals surface area contributed by atoms with E-state index >= 15 is 0 Å². The zero-order valence-electron chi connectivity index (χ0n) is 10.3. The highest BCUT2D eigenvalue weighted by atomic mass is 32.2. The van der Waals surface area contributed by atoms with Gasteiger partial charge in [0.1, 0.15) is 4.99 Å². The van der Waals surface area contributed by atoms with E-state index in [9.17, 15) is 8.42 Å². The highest BCUT2D eigenvalue weighted by molar-refractivity contribution is 7.89. The molecule has 1 aliphatic rings. The van der Waals surface area contributed by atoms with Crippen molar-refractivity contribution in [3.63, 3.8) is 0 Å². The lowest BCUT2D eigenvalue weighted by Crippen LogP contribution is -2.38. The van der Waals surface area contributed by atoms with Crippen LogP contribution in [0.25, 0.3) is 0 Å². The molecular weight excluding hydrogens is 284 g/mol. The maximum Gasteiger partial charge on any atom is 0.240 e. The molecule has 1 saturated heterocycles. The molecule has 0 radical (unpaired) electrons. The summed E-state index contributed by atoms with van der Waals surface area (Å²) in [5, 5.41) is 0. The van der Waals surface area contributed by atoms with Gasteiger partial charge >= 0.3 is 0 Å². The normalized spacial score (nSPS) is 17.3. The SMILES string of the molecule is NC(=S)c1ccc(S(=O)(=O)NC2CCOCC2)cc1. The second-order valence-corrected chi connectivity index (χ2v) is 6.55. The summed E-state index contributed by atoms with van der Waals surface area (Å²) in [6.45, 7) is 1.18. The first kappa shape index (κ1) is 14.4. The summed E-state index contributed by atoms with van der Waals surface area (Å²) < 4.78 is 32.2. The molecule has 104 valence electrons. The highest BCUT2D eigenvalue weighted by Crippen LogP contribution is 2.14. The Morgan fingerprint density at radius 3 is 2.37 bits per heavy atom. The van der Waals surface area contributed by atoms with Gasteiger partial charge in [0.15, 0.2) is 0 Å². The van der Waals surface area contributed by atoms with Crippen LogP contribution in [-0.2, 0) is 14.8 Å². The quantitative estimate of drug-likeness (QED) is 0.803. The number of ether oxygens (including phenoxy) is 1. The van der Waals surface area contributed by atoms with E-state index in [1.54, 1.807) is 12.1 Å². The van der Waals surface area contributed by atoms with Gasteiger partial charge in [0.05, 0.1) is 4.90 Å². The van der Waals surface area contributed by atoms with E-state index in [0.717, 1.165) is 0 Å². The maximum absolute atomic E-state index is 12.2. The molecule has 1 fully saturated rings. The second kappa shape index (κ2) is 5.96. The standard InChI is InChI=1S/C12H16N2O3S2/c13-12(18)9-1-3-11(4-2-9)19(15,16)14-10-5-7-17-8-6-10/h1-4,10,14H,5-8H2,(H2,13,18). The molecule has 1 aromatic rings. The molecule has 7 heteroatoms. The molecule has 1 aliphatic heterocycles. The van der Waals surface area contributed by atoms with Crippen molar-refractivity contribution < 1.29 is 13.2 Å².